The summed E-state index contributed by atoms with van der Waals surface area (Å²) in [6.07, 6.45) is 1.46. The zero-order valence-electron chi connectivity index (χ0n) is 10.9. The van der Waals surface area contributed by atoms with E-state index in [1.54, 1.807) is 7.05 Å². The van der Waals surface area contributed by atoms with E-state index in [1.165, 1.54) is 11.1 Å². The number of hydrogen-bond donors (Lipinski definition) is 2. The average molecular weight is 234 g/mol. The fraction of sp³-hybridized carbons (Fsp3) is 0.500. The molecule has 0 spiro atoms. The minimum absolute atomic E-state index is 0.107. The molecule has 0 heterocycles. The van der Waals surface area contributed by atoms with Gasteiger partial charge in [-0.05, 0) is 37.9 Å². The van der Waals surface area contributed by atoms with E-state index in [0.717, 1.165) is 13.0 Å². The van der Waals surface area contributed by atoms with E-state index in [0.29, 0.717) is 12.5 Å². The molecule has 1 aromatic rings. The van der Waals surface area contributed by atoms with Crippen LogP contribution < -0.4 is 10.6 Å². The van der Waals surface area contributed by atoms with Gasteiger partial charge in [0, 0.05) is 19.5 Å². The van der Waals surface area contributed by atoms with Gasteiger partial charge in [-0.2, -0.15) is 0 Å². The standard InChI is InChI=1S/C14H22N2O/c1-11-7-4-5-8-13(11)12(2)16-10-6-9-14(17)15-3/h4-5,7-8,12,16H,6,9-10H2,1-3H3,(H,15,17). The van der Waals surface area contributed by atoms with Crippen LogP contribution in [0.5, 0.6) is 0 Å². The van der Waals surface area contributed by atoms with Crippen LogP contribution in [-0.2, 0) is 4.79 Å². The van der Waals surface area contributed by atoms with Crippen LogP contribution in [0.1, 0.15) is 36.9 Å². The van der Waals surface area contributed by atoms with Crippen LogP contribution in [0.25, 0.3) is 0 Å². The van der Waals surface area contributed by atoms with Crippen molar-refractivity contribution in [1.29, 1.82) is 0 Å². The molecule has 0 aliphatic carbocycles. The Labute approximate surface area is 104 Å². The first-order chi connectivity index (χ1) is 8.15. The molecular weight excluding hydrogens is 212 g/mol. The van der Waals surface area contributed by atoms with Crippen LogP contribution in [0.2, 0.25) is 0 Å². The van der Waals surface area contributed by atoms with Crippen LogP contribution in [0.15, 0.2) is 24.3 Å². The smallest absolute Gasteiger partial charge is 0.219 e. The Morgan fingerprint density at radius 1 is 1.35 bits per heavy atom. The molecule has 0 aromatic heterocycles. The van der Waals surface area contributed by atoms with Crippen molar-refractivity contribution in [3.63, 3.8) is 0 Å². The van der Waals surface area contributed by atoms with E-state index >= 15 is 0 Å². The lowest BCUT2D eigenvalue weighted by Crippen LogP contribution is -2.23. The van der Waals surface area contributed by atoms with E-state index in [9.17, 15) is 4.79 Å². The quantitative estimate of drug-likeness (QED) is 0.741. The monoisotopic (exact) mass is 234 g/mol. The fourth-order valence-corrected chi connectivity index (χ4v) is 1.88. The molecule has 3 nitrogen and oxygen atoms in total. The van der Waals surface area contributed by atoms with E-state index in [2.05, 4.69) is 48.7 Å². The highest BCUT2D eigenvalue weighted by molar-refractivity contribution is 5.75. The number of benzene rings is 1. The van der Waals surface area contributed by atoms with Crippen LogP contribution in [-0.4, -0.2) is 19.5 Å². The van der Waals surface area contributed by atoms with Gasteiger partial charge in [-0.1, -0.05) is 24.3 Å². The molecule has 0 fully saturated rings. The maximum Gasteiger partial charge on any atom is 0.219 e. The third kappa shape index (κ3) is 4.57. The van der Waals surface area contributed by atoms with Crippen LogP contribution in [0.3, 0.4) is 0 Å². The van der Waals surface area contributed by atoms with Crippen molar-refractivity contribution >= 4 is 5.91 Å². The molecule has 1 unspecified atom stereocenters. The van der Waals surface area contributed by atoms with Crippen LogP contribution >= 0.6 is 0 Å². The Kier molecular flexibility index (Phi) is 5.70. The van der Waals surface area contributed by atoms with Crippen molar-refractivity contribution in [2.24, 2.45) is 0 Å². The van der Waals surface area contributed by atoms with Gasteiger partial charge in [0.15, 0.2) is 0 Å². The van der Waals surface area contributed by atoms with Crippen molar-refractivity contribution in [2.75, 3.05) is 13.6 Å². The van der Waals surface area contributed by atoms with Crippen molar-refractivity contribution in [3.8, 4) is 0 Å². The molecule has 94 valence electrons. The lowest BCUT2D eigenvalue weighted by atomic mass is 10.0. The summed E-state index contributed by atoms with van der Waals surface area (Å²) < 4.78 is 0. The van der Waals surface area contributed by atoms with Gasteiger partial charge < -0.3 is 10.6 Å². The molecule has 0 saturated heterocycles. The van der Waals surface area contributed by atoms with Gasteiger partial charge in [0.1, 0.15) is 0 Å². The SMILES string of the molecule is CNC(=O)CCCNC(C)c1ccccc1C. The molecule has 0 aliphatic heterocycles. The third-order valence-corrected chi connectivity index (χ3v) is 2.96. The minimum Gasteiger partial charge on any atom is -0.359 e. The molecular formula is C14H22N2O. The minimum atomic E-state index is 0.107. The van der Waals surface area contributed by atoms with E-state index in [1.807, 2.05) is 0 Å². The normalized spacial score (nSPS) is 12.2. The summed E-state index contributed by atoms with van der Waals surface area (Å²) in [5.74, 6) is 0.107. The molecule has 1 rings (SSSR count). The summed E-state index contributed by atoms with van der Waals surface area (Å²) in [7, 11) is 1.67. The Balaban J connectivity index is 2.33. The van der Waals surface area contributed by atoms with Gasteiger partial charge in [0.05, 0.1) is 0 Å². The molecule has 0 saturated carbocycles. The van der Waals surface area contributed by atoms with Gasteiger partial charge in [-0.15, -0.1) is 0 Å². The molecule has 1 amide bonds. The second-order valence-electron chi connectivity index (χ2n) is 4.31. The summed E-state index contributed by atoms with van der Waals surface area (Å²) in [5, 5.41) is 6.07. The summed E-state index contributed by atoms with van der Waals surface area (Å²) in [6, 6.07) is 8.72. The topological polar surface area (TPSA) is 41.1 Å². The van der Waals surface area contributed by atoms with Crippen molar-refractivity contribution < 1.29 is 4.79 Å². The summed E-state index contributed by atoms with van der Waals surface area (Å²) in [6.45, 7) is 5.14. The number of hydrogen-bond acceptors (Lipinski definition) is 2. The molecule has 17 heavy (non-hydrogen) atoms. The predicted molar refractivity (Wildman–Crippen MR) is 70.9 cm³/mol. The maximum atomic E-state index is 11.0. The lowest BCUT2D eigenvalue weighted by molar-refractivity contribution is -0.120. The molecule has 2 N–H and O–H groups in total. The molecule has 1 atom stereocenters. The summed E-state index contributed by atoms with van der Waals surface area (Å²) in [4.78, 5) is 11.0. The van der Waals surface area contributed by atoms with Crippen molar-refractivity contribution in [3.05, 3.63) is 35.4 Å². The zero-order chi connectivity index (χ0) is 12.7. The first kappa shape index (κ1) is 13.7. The highest BCUT2D eigenvalue weighted by Crippen LogP contribution is 2.16. The number of nitrogens with one attached hydrogen (secondary N) is 2. The van der Waals surface area contributed by atoms with E-state index in [-0.39, 0.29) is 5.91 Å². The summed E-state index contributed by atoms with van der Waals surface area (Å²) >= 11 is 0. The zero-order valence-corrected chi connectivity index (χ0v) is 10.9. The Bertz CT molecular complexity index is 363. The number of amides is 1. The van der Waals surface area contributed by atoms with Crippen molar-refractivity contribution in [2.45, 2.75) is 32.7 Å². The molecule has 0 radical (unpaired) electrons. The Morgan fingerprint density at radius 3 is 2.71 bits per heavy atom. The molecule has 1 aromatic carbocycles. The fourth-order valence-electron chi connectivity index (χ4n) is 1.88. The Hall–Kier alpha value is -1.35. The van der Waals surface area contributed by atoms with E-state index in [4.69, 9.17) is 0 Å². The van der Waals surface area contributed by atoms with Gasteiger partial charge in [-0.3, -0.25) is 4.79 Å². The number of aryl methyl sites for hydroxylation is 1. The molecule has 0 aliphatic rings. The molecule has 3 heteroatoms. The van der Waals surface area contributed by atoms with Crippen LogP contribution in [0, 0.1) is 6.92 Å². The predicted octanol–water partition coefficient (Wildman–Crippen LogP) is 2.17. The van der Waals surface area contributed by atoms with Crippen molar-refractivity contribution in [1.82, 2.24) is 10.6 Å². The average Bonchev–Trinajstić information content (AvgIpc) is 2.34. The highest BCUT2D eigenvalue weighted by Gasteiger charge is 2.06. The van der Waals surface area contributed by atoms with Crippen LogP contribution in [0.4, 0.5) is 0 Å². The first-order valence-corrected chi connectivity index (χ1v) is 6.14. The Morgan fingerprint density at radius 2 is 2.06 bits per heavy atom. The number of carbonyl (C=O) groups excluding carboxylic acids is 1. The van der Waals surface area contributed by atoms with Gasteiger partial charge in [0.2, 0.25) is 5.91 Å². The second-order valence-corrected chi connectivity index (χ2v) is 4.31. The highest BCUT2D eigenvalue weighted by atomic mass is 16.1. The van der Waals surface area contributed by atoms with E-state index < -0.39 is 0 Å². The maximum absolute atomic E-state index is 11.0. The molecule has 0 bridgehead atoms. The first-order valence-electron chi connectivity index (χ1n) is 6.14. The number of carbonyl (C=O) groups is 1. The summed E-state index contributed by atoms with van der Waals surface area (Å²) in [5.41, 5.74) is 2.63. The largest absolute Gasteiger partial charge is 0.359 e. The second kappa shape index (κ2) is 7.07. The number of rotatable bonds is 6. The van der Waals surface area contributed by atoms with Gasteiger partial charge in [-0.25, -0.2) is 0 Å². The van der Waals surface area contributed by atoms with Gasteiger partial charge in [0.25, 0.3) is 0 Å². The van der Waals surface area contributed by atoms with Gasteiger partial charge >= 0.3 is 0 Å². The lowest BCUT2D eigenvalue weighted by Gasteiger charge is -2.16. The third-order valence-electron chi connectivity index (χ3n) is 2.96.